The number of methoxy groups -OCH3 is 1. The van der Waals surface area contributed by atoms with Crippen molar-refractivity contribution in [3.63, 3.8) is 0 Å². The lowest BCUT2D eigenvalue weighted by molar-refractivity contribution is -0.132. The Kier molecular flexibility index (Phi) is 4.07. The molecule has 0 radical (unpaired) electrons. The highest BCUT2D eigenvalue weighted by Gasteiger charge is 2.58. The number of fused-ring (bicyclic) bond motifs is 2. The Hall–Kier alpha value is -4.14. The third-order valence-corrected chi connectivity index (χ3v) is 5.72. The molecule has 1 saturated heterocycles. The van der Waals surface area contributed by atoms with Crippen LogP contribution in [0.3, 0.4) is 0 Å². The average Bonchev–Trinajstić information content (AvgIpc) is 3.25. The molecule has 9 heteroatoms. The van der Waals surface area contributed by atoms with Crippen molar-refractivity contribution in [3.05, 3.63) is 65.9 Å². The van der Waals surface area contributed by atoms with Gasteiger partial charge < -0.3 is 9.72 Å². The molecule has 0 bridgehead atoms. The summed E-state index contributed by atoms with van der Waals surface area (Å²) in [6.07, 6.45) is 1.75. The van der Waals surface area contributed by atoms with E-state index in [1.54, 1.807) is 20.4 Å². The highest BCUT2D eigenvalue weighted by molar-refractivity contribution is 6.27. The molecule has 1 fully saturated rings. The molecule has 3 amide bonds. The lowest BCUT2D eigenvalue weighted by Gasteiger charge is -2.43. The maximum atomic E-state index is 13.7. The summed E-state index contributed by atoms with van der Waals surface area (Å²) in [6.45, 7) is 0. The third-order valence-electron chi connectivity index (χ3n) is 5.72. The van der Waals surface area contributed by atoms with Crippen molar-refractivity contribution in [3.8, 4) is 5.75 Å². The second-order valence-electron chi connectivity index (χ2n) is 7.37. The largest absolute Gasteiger partial charge is 0.496 e. The van der Waals surface area contributed by atoms with Crippen molar-refractivity contribution in [1.82, 2.24) is 20.2 Å². The Bertz CT molecular complexity index is 1290. The molecule has 2 aliphatic rings. The first-order chi connectivity index (χ1) is 15.0. The van der Waals surface area contributed by atoms with Crippen LogP contribution in [-0.4, -0.2) is 59.6 Å². The number of hydrogen-bond acceptors (Lipinski definition) is 6. The van der Waals surface area contributed by atoms with E-state index in [2.05, 4.69) is 15.5 Å². The smallest absolute Gasteiger partial charge is 0.331 e. The number of rotatable bonds is 3. The number of carbonyl (C=O) groups excluding carboxylic acids is 2. The van der Waals surface area contributed by atoms with Crippen LogP contribution in [0.1, 0.15) is 11.1 Å². The number of amidine groups is 2. The summed E-state index contributed by atoms with van der Waals surface area (Å²) in [4.78, 5) is 36.9. The van der Waals surface area contributed by atoms with Gasteiger partial charge in [0.15, 0.2) is 11.7 Å². The number of H-pyrrole nitrogens is 1. The Balaban J connectivity index is 1.82. The van der Waals surface area contributed by atoms with Gasteiger partial charge in [-0.25, -0.2) is 9.79 Å². The number of amides is 3. The first-order valence-electron chi connectivity index (χ1n) is 9.69. The van der Waals surface area contributed by atoms with Gasteiger partial charge >= 0.3 is 6.03 Å². The van der Waals surface area contributed by atoms with E-state index in [0.717, 1.165) is 15.8 Å². The van der Waals surface area contributed by atoms with Crippen molar-refractivity contribution in [2.24, 2.45) is 10.1 Å². The molecule has 2 N–H and O–H groups in total. The molecule has 2 aromatic carbocycles. The number of aliphatic imine (C=N–C) groups is 1. The first kappa shape index (κ1) is 18.9. The summed E-state index contributed by atoms with van der Waals surface area (Å²) < 4.78 is 5.48. The van der Waals surface area contributed by atoms with Crippen LogP contribution in [0.2, 0.25) is 0 Å². The van der Waals surface area contributed by atoms with Crippen LogP contribution in [0.25, 0.3) is 10.9 Å². The van der Waals surface area contributed by atoms with Crippen LogP contribution in [0, 0.1) is 0 Å². The number of likely N-dealkylation sites (N-methyl/N-ethyl adjacent to an activating group) is 2. The molecule has 3 aromatic rings. The zero-order chi connectivity index (χ0) is 21.8. The fourth-order valence-corrected chi connectivity index (χ4v) is 4.16. The van der Waals surface area contributed by atoms with Gasteiger partial charge in [-0.2, -0.15) is 5.10 Å². The van der Waals surface area contributed by atoms with Gasteiger partial charge in [-0.15, -0.1) is 0 Å². The summed E-state index contributed by atoms with van der Waals surface area (Å²) in [5.74, 6) is 0.690. The van der Waals surface area contributed by atoms with E-state index in [-0.39, 0.29) is 5.84 Å². The van der Waals surface area contributed by atoms with Gasteiger partial charge in [0, 0.05) is 36.8 Å². The summed E-state index contributed by atoms with van der Waals surface area (Å²) in [7, 11) is 4.60. The fraction of sp³-hybridized carbons (Fsp3) is 0.182. The van der Waals surface area contributed by atoms with Gasteiger partial charge in [0.05, 0.1) is 12.7 Å². The second kappa shape index (κ2) is 6.69. The molecule has 3 heterocycles. The first-order valence-corrected chi connectivity index (χ1v) is 9.69. The molecule has 9 nitrogen and oxygen atoms in total. The predicted molar refractivity (Wildman–Crippen MR) is 116 cm³/mol. The predicted octanol–water partition coefficient (Wildman–Crippen LogP) is 2.26. The quantitative estimate of drug-likeness (QED) is 0.684. The van der Waals surface area contributed by atoms with E-state index in [4.69, 9.17) is 9.73 Å². The van der Waals surface area contributed by atoms with Gasteiger partial charge in [-0.1, -0.05) is 30.3 Å². The molecule has 1 unspecified atom stereocenters. The summed E-state index contributed by atoms with van der Waals surface area (Å²) in [5, 5.41) is 5.28. The molecule has 0 spiro atoms. The Morgan fingerprint density at radius 1 is 1.00 bits per heavy atom. The maximum Gasteiger partial charge on any atom is 0.331 e. The van der Waals surface area contributed by atoms with E-state index in [1.807, 2.05) is 48.5 Å². The van der Waals surface area contributed by atoms with E-state index in [0.29, 0.717) is 22.7 Å². The molecule has 5 rings (SSSR count). The summed E-state index contributed by atoms with van der Waals surface area (Å²) in [5.41, 5.74) is 3.50. The normalized spacial score (nSPS) is 20.9. The number of nitrogens with zero attached hydrogens (tertiary/aromatic N) is 4. The third kappa shape index (κ3) is 2.49. The highest BCUT2D eigenvalue weighted by atomic mass is 16.5. The Morgan fingerprint density at radius 2 is 1.74 bits per heavy atom. The maximum absolute atomic E-state index is 13.7. The lowest BCUT2D eigenvalue weighted by Crippen LogP contribution is -2.66. The van der Waals surface area contributed by atoms with Gasteiger partial charge in [0.1, 0.15) is 5.75 Å². The lowest BCUT2D eigenvalue weighted by atomic mass is 9.84. The summed E-state index contributed by atoms with van der Waals surface area (Å²) >= 11 is 0. The molecule has 1 atom stereocenters. The minimum Gasteiger partial charge on any atom is -0.496 e. The van der Waals surface area contributed by atoms with Crippen molar-refractivity contribution in [2.45, 2.75) is 5.54 Å². The number of hydrazone groups is 1. The zero-order valence-corrected chi connectivity index (χ0v) is 17.2. The van der Waals surface area contributed by atoms with Gasteiger partial charge in [0.25, 0.3) is 5.91 Å². The Morgan fingerprint density at radius 3 is 2.55 bits per heavy atom. The van der Waals surface area contributed by atoms with Crippen molar-refractivity contribution in [1.29, 1.82) is 0 Å². The molecule has 156 valence electrons. The van der Waals surface area contributed by atoms with E-state index in [9.17, 15) is 9.59 Å². The zero-order valence-electron chi connectivity index (χ0n) is 17.2. The molecule has 31 heavy (non-hydrogen) atoms. The number of ether oxygens (including phenoxy) is 1. The molecule has 2 aliphatic heterocycles. The van der Waals surface area contributed by atoms with Crippen molar-refractivity contribution >= 4 is 34.5 Å². The number of carbonyl (C=O) groups is 2. The van der Waals surface area contributed by atoms with Crippen LogP contribution < -0.4 is 10.2 Å². The number of aromatic nitrogens is 1. The molecule has 0 aliphatic carbocycles. The van der Waals surface area contributed by atoms with Crippen molar-refractivity contribution < 1.29 is 14.3 Å². The topological polar surface area (TPSA) is 102 Å². The van der Waals surface area contributed by atoms with Crippen LogP contribution in [0.5, 0.6) is 5.75 Å². The minimum atomic E-state index is -1.54. The number of para-hydroxylation sites is 2. The molecule has 1 aromatic heterocycles. The molecule has 0 saturated carbocycles. The van der Waals surface area contributed by atoms with Crippen LogP contribution in [0.4, 0.5) is 4.79 Å². The number of urea groups is 1. The van der Waals surface area contributed by atoms with Crippen LogP contribution >= 0.6 is 0 Å². The Labute approximate surface area is 178 Å². The average molecular weight is 416 g/mol. The monoisotopic (exact) mass is 416 g/mol. The highest BCUT2D eigenvalue weighted by Crippen LogP contribution is 2.40. The second-order valence-corrected chi connectivity index (χ2v) is 7.37. The van der Waals surface area contributed by atoms with Gasteiger partial charge in [-0.05, 0) is 18.2 Å². The van der Waals surface area contributed by atoms with Crippen molar-refractivity contribution in [2.75, 3.05) is 21.2 Å². The van der Waals surface area contributed by atoms with Gasteiger partial charge in [-0.3, -0.25) is 20.0 Å². The number of nitrogens with one attached hydrogen (secondary N) is 2. The van der Waals surface area contributed by atoms with E-state index in [1.165, 1.54) is 11.9 Å². The molecular formula is C22H20N6O3. The summed E-state index contributed by atoms with van der Waals surface area (Å²) in [6, 6.07) is 14.5. The molecular weight excluding hydrogens is 396 g/mol. The number of benzene rings is 2. The standard InChI is InChI=1S/C22H20N6O3/c1-27-19-22(20(29)28(2)21(27)30,15-12-23-16-10-6-4-8-13(15)16)24-18(25-26-19)14-9-5-7-11-17(14)31-3/h4-12,23H,1-3H3,(H,24,25). The number of hydrogen-bond donors (Lipinski definition) is 2. The van der Waals surface area contributed by atoms with Gasteiger partial charge in [0.2, 0.25) is 5.54 Å². The van der Waals surface area contributed by atoms with E-state index >= 15 is 0 Å². The van der Waals surface area contributed by atoms with Crippen LogP contribution in [-0.2, 0) is 10.3 Å². The van der Waals surface area contributed by atoms with E-state index < -0.39 is 17.5 Å². The SMILES string of the molecule is COc1ccccc1C1=NC2(c3c[nH]c4ccccc34)C(=O)N(C)C(=O)N(C)C2=NN1. The minimum absolute atomic E-state index is 0.212. The number of imide groups is 1. The van der Waals surface area contributed by atoms with Crippen LogP contribution in [0.15, 0.2) is 64.8 Å². The number of aromatic amines is 1. The fourth-order valence-electron chi connectivity index (χ4n) is 4.16.